The van der Waals surface area contributed by atoms with E-state index in [1.807, 2.05) is 6.92 Å². The van der Waals surface area contributed by atoms with Crippen molar-refractivity contribution >= 4 is 11.5 Å². The van der Waals surface area contributed by atoms with Gasteiger partial charge in [0, 0.05) is 25.9 Å². The first-order valence-electron chi connectivity index (χ1n) is 4.13. The van der Waals surface area contributed by atoms with E-state index in [1.165, 1.54) is 0 Å². The van der Waals surface area contributed by atoms with Crippen molar-refractivity contribution in [2.75, 3.05) is 20.2 Å². The number of nitrogens with one attached hydrogen (secondary N) is 1. The van der Waals surface area contributed by atoms with Crippen LogP contribution in [-0.2, 0) is 4.84 Å². The van der Waals surface area contributed by atoms with Gasteiger partial charge in [-0.1, -0.05) is 5.16 Å². The van der Waals surface area contributed by atoms with Gasteiger partial charge in [-0.05, 0) is 6.92 Å². The number of hydrogen-bond donors (Lipinski definition) is 1. The van der Waals surface area contributed by atoms with Crippen LogP contribution in [0.2, 0.25) is 0 Å². The van der Waals surface area contributed by atoms with E-state index in [0.717, 1.165) is 31.6 Å². The van der Waals surface area contributed by atoms with Crippen molar-refractivity contribution in [3.63, 3.8) is 0 Å². The molecule has 1 aliphatic rings. The average Bonchev–Trinajstić information content (AvgIpc) is 2.06. The fourth-order valence-corrected chi connectivity index (χ4v) is 1.32. The molecule has 4 nitrogen and oxygen atoms in total. The Balaban J connectivity index is 2.39. The molecule has 0 aromatic heterocycles. The Morgan fingerprint density at radius 2 is 2.08 bits per heavy atom. The maximum Gasteiger partial charge on any atom is 0.106 e. The summed E-state index contributed by atoms with van der Waals surface area (Å²) in [5.74, 6) is 0.645. The molecule has 0 saturated carbocycles. The zero-order valence-corrected chi connectivity index (χ0v) is 7.63. The van der Waals surface area contributed by atoms with Crippen LogP contribution < -0.4 is 0 Å². The van der Waals surface area contributed by atoms with Crippen LogP contribution in [0.15, 0.2) is 5.16 Å². The number of likely N-dealkylation sites (tertiary alicyclic amines) is 1. The fourth-order valence-electron chi connectivity index (χ4n) is 1.32. The van der Waals surface area contributed by atoms with Crippen molar-refractivity contribution in [2.24, 2.45) is 5.16 Å². The van der Waals surface area contributed by atoms with Gasteiger partial charge in [-0.3, -0.25) is 5.41 Å². The zero-order valence-electron chi connectivity index (χ0n) is 7.63. The maximum absolute atomic E-state index is 7.41. The molecular formula is C8H15N3O. The van der Waals surface area contributed by atoms with E-state index in [0.29, 0.717) is 5.84 Å². The Labute approximate surface area is 72.7 Å². The molecule has 68 valence electrons. The maximum atomic E-state index is 7.41. The molecule has 0 amide bonds. The van der Waals surface area contributed by atoms with Crippen LogP contribution in [0.25, 0.3) is 0 Å². The molecule has 0 radical (unpaired) electrons. The third kappa shape index (κ3) is 2.22. The zero-order chi connectivity index (χ0) is 8.97. The minimum Gasteiger partial charge on any atom is -0.399 e. The molecule has 0 aromatic carbocycles. The van der Waals surface area contributed by atoms with Crippen molar-refractivity contribution in [1.82, 2.24) is 4.90 Å². The number of hydrogen-bond acceptors (Lipinski definition) is 3. The highest BCUT2D eigenvalue weighted by Crippen LogP contribution is 2.07. The van der Waals surface area contributed by atoms with Gasteiger partial charge in [-0.25, -0.2) is 0 Å². The number of rotatable bonds is 1. The summed E-state index contributed by atoms with van der Waals surface area (Å²) in [4.78, 5) is 6.74. The number of oxime groups is 1. The van der Waals surface area contributed by atoms with Crippen molar-refractivity contribution in [2.45, 2.75) is 19.8 Å². The van der Waals surface area contributed by atoms with Crippen LogP contribution in [-0.4, -0.2) is 36.6 Å². The van der Waals surface area contributed by atoms with E-state index in [4.69, 9.17) is 10.2 Å². The predicted octanol–water partition coefficient (Wildman–Crippen LogP) is 1.08. The molecule has 0 unspecified atom stereocenters. The summed E-state index contributed by atoms with van der Waals surface area (Å²) in [6.45, 7) is 3.62. The van der Waals surface area contributed by atoms with Gasteiger partial charge in [0.2, 0.25) is 0 Å². The third-order valence-corrected chi connectivity index (χ3v) is 2.04. The van der Waals surface area contributed by atoms with Gasteiger partial charge in [0.05, 0.1) is 11.5 Å². The SMILES string of the molecule is CON=C1CCN(C(C)=N)CC1. The molecule has 0 bridgehead atoms. The third-order valence-electron chi connectivity index (χ3n) is 2.04. The quantitative estimate of drug-likeness (QED) is 0.363. The molecular weight excluding hydrogens is 154 g/mol. The molecule has 12 heavy (non-hydrogen) atoms. The number of piperidine rings is 1. The lowest BCUT2D eigenvalue weighted by molar-refractivity contribution is 0.209. The average molecular weight is 169 g/mol. The first-order valence-corrected chi connectivity index (χ1v) is 4.13. The Kier molecular flexibility index (Phi) is 3.08. The molecule has 1 heterocycles. The summed E-state index contributed by atoms with van der Waals surface area (Å²) in [6, 6.07) is 0. The molecule has 1 N–H and O–H groups in total. The van der Waals surface area contributed by atoms with Crippen LogP contribution in [0.3, 0.4) is 0 Å². The van der Waals surface area contributed by atoms with Crippen LogP contribution in [0, 0.1) is 5.41 Å². The summed E-state index contributed by atoms with van der Waals surface area (Å²) in [6.07, 6.45) is 1.84. The summed E-state index contributed by atoms with van der Waals surface area (Å²) < 4.78 is 0. The second-order valence-electron chi connectivity index (χ2n) is 2.91. The van der Waals surface area contributed by atoms with Gasteiger partial charge in [0.25, 0.3) is 0 Å². The molecule has 0 spiro atoms. The van der Waals surface area contributed by atoms with Gasteiger partial charge in [0.1, 0.15) is 7.11 Å². The Morgan fingerprint density at radius 3 is 2.50 bits per heavy atom. The second-order valence-corrected chi connectivity index (χ2v) is 2.91. The monoisotopic (exact) mass is 169 g/mol. The standard InChI is InChI=1S/C8H15N3O/c1-7(9)11-5-3-8(4-6-11)10-12-2/h9H,3-6H2,1-2H3. The van der Waals surface area contributed by atoms with Crippen molar-refractivity contribution in [1.29, 1.82) is 5.41 Å². The van der Waals surface area contributed by atoms with Gasteiger partial charge < -0.3 is 9.74 Å². The van der Waals surface area contributed by atoms with E-state index in [-0.39, 0.29) is 0 Å². The lowest BCUT2D eigenvalue weighted by Crippen LogP contribution is -2.36. The minimum atomic E-state index is 0.645. The first kappa shape index (κ1) is 9.03. The highest BCUT2D eigenvalue weighted by molar-refractivity contribution is 5.87. The van der Waals surface area contributed by atoms with E-state index in [2.05, 4.69) is 10.1 Å². The first-order chi connectivity index (χ1) is 5.74. The van der Waals surface area contributed by atoms with Gasteiger partial charge >= 0.3 is 0 Å². The summed E-state index contributed by atoms with van der Waals surface area (Å²) in [7, 11) is 1.57. The minimum absolute atomic E-state index is 0.645. The lowest BCUT2D eigenvalue weighted by Gasteiger charge is -2.27. The summed E-state index contributed by atoms with van der Waals surface area (Å²) in [5, 5.41) is 11.3. The van der Waals surface area contributed by atoms with E-state index >= 15 is 0 Å². The van der Waals surface area contributed by atoms with Crippen molar-refractivity contribution in [3.05, 3.63) is 0 Å². The largest absolute Gasteiger partial charge is 0.399 e. The van der Waals surface area contributed by atoms with Crippen LogP contribution in [0.4, 0.5) is 0 Å². The highest BCUT2D eigenvalue weighted by atomic mass is 16.6. The van der Waals surface area contributed by atoms with Crippen molar-refractivity contribution < 1.29 is 4.84 Å². The van der Waals surface area contributed by atoms with E-state index in [9.17, 15) is 0 Å². The van der Waals surface area contributed by atoms with Gasteiger partial charge in [-0.2, -0.15) is 0 Å². The molecule has 1 rings (SSSR count). The molecule has 0 atom stereocenters. The molecule has 1 saturated heterocycles. The Morgan fingerprint density at radius 1 is 1.50 bits per heavy atom. The van der Waals surface area contributed by atoms with Gasteiger partial charge in [-0.15, -0.1) is 0 Å². The molecule has 1 fully saturated rings. The topological polar surface area (TPSA) is 48.7 Å². The molecule has 1 aliphatic heterocycles. The molecule has 0 aliphatic carbocycles. The number of amidine groups is 1. The Hall–Kier alpha value is -1.06. The fraction of sp³-hybridized carbons (Fsp3) is 0.750. The number of nitrogens with zero attached hydrogens (tertiary/aromatic N) is 2. The normalized spacial score (nSPS) is 17.5. The van der Waals surface area contributed by atoms with Crippen LogP contribution in [0.1, 0.15) is 19.8 Å². The lowest BCUT2D eigenvalue weighted by atomic mass is 10.1. The Bertz CT molecular complexity index is 190. The predicted molar refractivity (Wildman–Crippen MR) is 48.7 cm³/mol. The van der Waals surface area contributed by atoms with Crippen LogP contribution >= 0.6 is 0 Å². The van der Waals surface area contributed by atoms with E-state index < -0.39 is 0 Å². The summed E-state index contributed by atoms with van der Waals surface area (Å²) in [5.41, 5.74) is 1.11. The molecule has 4 heteroatoms. The smallest absolute Gasteiger partial charge is 0.106 e. The van der Waals surface area contributed by atoms with Gasteiger partial charge in [0.15, 0.2) is 0 Å². The molecule has 0 aromatic rings. The summed E-state index contributed by atoms with van der Waals surface area (Å²) >= 11 is 0. The second kappa shape index (κ2) is 4.09. The highest BCUT2D eigenvalue weighted by Gasteiger charge is 2.14. The van der Waals surface area contributed by atoms with E-state index in [1.54, 1.807) is 7.11 Å². The van der Waals surface area contributed by atoms with Crippen molar-refractivity contribution in [3.8, 4) is 0 Å². The van der Waals surface area contributed by atoms with Crippen LogP contribution in [0.5, 0.6) is 0 Å².